The van der Waals surface area contributed by atoms with Crippen LogP contribution in [0.4, 0.5) is 5.69 Å². The summed E-state index contributed by atoms with van der Waals surface area (Å²) in [5, 5.41) is 18.1. The van der Waals surface area contributed by atoms with Crippen LogP contribution in [0.2, 0.25) is 0 Å². The number of hydrogen-bond donors (Lipinski definition) is 0. The summed E-state index contributed by atoms with van der Waals surface area (Å²) in [5.41, 5.74) is 4.12. The van der Waals surface area contributed by atoms with Crippen molar-refractivity contribution >= 4 is 11.8 Å². The molecule has 3 rings (SSSR count). The number of rotatable bonds is 3. The van der Waals surface area contributed by atoms with Crippen molar-refractivity contribution in [2.45, 2.75) is 13.8 Å². The van der Waals surface area contributed by atoms with E-state index < -0.39 is 0 Å². The van der Waals surface area contributed by atoms with Crippen LogP contribution >= 0.6 is 0 Å². The molecule has 0 aromatic heterocycles. The molecule has 1 aromatic carbocycles. The molecule has 0 radical (unpaired) electrons. The first kappa shape index (κ1) is 18.0. The topological polar surface area (TPSA) is 60.0 Å². The summed E-state index contributed by atoms with van der Waals surface area (Å²) in [7, 11) is 0. The fraction of sp³-hybridized carbons (Fsp3) is 0.130. The number of benzene rings is 1. The highest BCUT2D eigenvalue weighted by Gasteiger charge is 2.14. The number of nitriles is 2. The Morgan fingerprint density at radius 1 is 1.15 bits per heavy atom. The molecule has 27 heavy (non-hydrogen) atoms. The van der Waals surface area contributed by atoms with E-state index in [2.05, 4.69) is 36.1 Å². The second kappa shape index (κ2) is 8.08. The molecule has 0 saturated carbocycles. The van der Waals surface area contributed by atoms with E-state index in [-0.39, 0.29) is 5.57 Å². The Kier molecular flexibility index (Phi) is 5.40. The van der Waals surface area contributed by atoms with Gasteiger partial charge in [0.25, 0.3) is 0 Å². The summed E-state index contributed by atoms with van der Waals surface area (Å²) in [5.74, 6) is 1.23. The largest absolute Gasteiger partial charge is 0.462 e. The van der Waals surface area contributed by atoms with Crippen LogP contribution in [0.15, 0.2) is 89.1 Å². The fourth-order valence-corrected chi connectivity index (χ4v) is 3.06. The number of fused-ring (bicyclic) bond motifs is 1. The van der Waals surface area contributed by atoms with Crippen molar-refractivity contribution in [1.29, 1.82) is 10.5 Å². The van der Waals surface area contributed by atoms with Gasteiger partial charge in [-0.2, -0.15) is 10.5 Å². The van der Waals surface area contributed by atoms with Crippen molar-refractivity contribution in [2.24, 2.45) is 0 Å². The first-order chi connectivity index (χ1) is 13.2. The molecule has 0 unspecified atom stereocenters. The Balaban J connectivity index is 1.86. The minimum absolute atomic E-state index is 0.0749. The van der Waals surface area contributed by atoms with E-state index in [0.717, 1.165) is 12.2 Å². The zero-order valence-corrected chi connectivity index (χ0v) is 15.3. The van der Waals surface area contributed by atoms with Gasteiger partial charge < -0.3 is 9.64 Å². The third-order valence-electron chi connectivity index (χ3n) is 4.26. The van der Waals surface area contributed by atoms with Gasteiger partial charge in [-0.3, -0.25) is 0 Å². The lowest BCUT2D eigenvalue weighted by Crippen LogP contribution is -2.23. The molecule has 0 bridgehead atoms. The van der Waals surface area contributed by atoms with E-state index >= 15 is 0 Å². The van der Waals surface area contributed by atoms with Crippen LogP contribution in [-0.4, -0.2) is 6.54 Å². The molecule has 0 saturated heterocycles. The predicted molar refractivity (Wildman–Crippen MR) is 107 cm³/mol. The molecule has 2 heterocycles. The summed E-state index contributed by atoms with van der Waals surface area (Å²) in [4.78, 5) is 2.25. The molecule has 0 amide bonds. The van der Waals surface area contributed by atoms with E-state index in [0.29, 0.717) is 17.1 Å². The summed E-state index contributed by atoms with van der Waals surface area (Å²) in [6, 6.07) is 12.1. The first-order valence-electron chi connectivity index (χ1n) is 8.71. The van der Waals surface area contributed by atoms with Gasteiger partial charge in [0.2, 0.25) is 0 Å². The van der Waals surface area contributed by atoms with Gasteiger partial charge in [-0.15, -0.1) is 0 Å². The van der Waals surface area contributed by atoms with Gasteiger partial charge in [-0.1, -0.05) is 30.4 Å². The lowest BCUT2D eigenvalue weighted by Gasteiger charge is -2.29. The maximum atomic E-state index is 9.06. The summed E-state index contributed by atoms with van der Waals surface area (Å²) >= 11 is 0. The molecule has 4 nitrogen and oxygen atoms in total. The molecular weight excluding hydrogens is 334 g/mol. The predicted octanol–water partition coefficient (Wildman–Crippen LogP) is 5.14. The summed E-state index contributed by atoms with van der Waals surface area (Å²) in [6.45, 7) is 4.78. The molecule has 0 spiro atoms. The summed E-state index contributed by atoms with van der Waals surface area (Å²) in [6.07, 6.45) is 13.4. The highest BCUT2D eigenvalue weighted by atomic mass is 16.5. The van der Waals surface area contributed by atoms with E-state index in [4.69, 9.17) is 15.3 Å². The SMILES string of the molecule is CCN1/C(=C\C=C\C2=CC(=C(C#N)C#N)C=C(C)O2)C=Cc2ccccc21. The van der Waals surface area contributed by atoms with Crippen molar-refractivity contribution in [2.75, 3.05) is 11.4 Å². The van der Waals surface area contributed by atoms with E-state index in [1.165, 1.54) is 11.3 Å². The molecule has 2 aliphatic rings. The van der Waals surface area contributed by atoms with Crippen LogP contribution in [0.5, 0.6) is 0 Å². The van der Waals surface area contributed by atoms with Crippen LogP contribution in [0.3, 0.4) is 0 Å². The van der Waals surface area contributed by atoms with E-state index in [1.807, 2.05) is 42.5 Å². The van der Waals surface area contributed by atoms with Crippen LogP contribution in [-0.2, 0) is 4.74 Å². The molecule has 4 heteroatoms. The molecular formula is C23H19N3O. The van der Waals surface area contributed by atoms with Crippen LogP contribution in [0.1, 0.15) is 19.4 Å². The van der Waals surface area contributed by atoms with Crippen LogP contribution in [0, 0.1) is 22.7 Å². The van der Waals surface area contributed by atoms with Crippen LogP contribution < -0.4 is 4.90 Å². The number of nitrogens with zero attached hydrogens (tertiary/aromatic N) is 3. The Morgan fingerprint density at radius 2 is 1.93 bits per heavy atom. The Morgan fingerprint density at radius 3 is 2.67 bits per heavy atom. The van der Waals surface area contributed by atoms with Crippen molar-refractivity contribution in [1.82, 2.24) is 0 Å². The summed E-state index contributed by atoms with van der Waals surface area (Å²) < 4.78 is 5.68. The third-order valence-corrected chi connectivity index (χ3v) is 4.26. The van der Waals surface area contributed by atoms with Crippen LogP contribution in [0.25, 0.3) is 6.08 Å². The van der Waals surface area contributed by atoms with Gasteiger partial charge >= 0.3 is 0 Å². The Hall–Kier alpha value is -3.76. The quantitative estimate of drug-likeness (QED) is 0.706. The minimum atomic E-state index is 0.0749. The zero-order chi connectivity index (χ0) is 19.2. The smallest absolute Gasteiger partial charge is 0.137 e. The highest BCUT2D eigenvalue weighted by molar-refractivity contribution is 5.76. The number of para-hydroxylation sites is 1. The van der Waals surface area contributed by atoms with Gasteiger partial charge in [0.15, 0.2) is 0 Å². The molecule has 1 aromatic rings. The molecule has 0 aliphatic carbocycles. The van der Waals surface area contributed by atoms with Crippen molar-refractivity contribution < 1.29 is 4.74 Å². The lowest BCUT2D eigenvalue weighted by atomic mass is 10.1. The van der Waals surface area contributed by atoms with E-state index in [9.17, 15) is 0 Å². The molecule has 2 aliphatic heterocycles. The average Bonchev–Trinajstić information content (AvgIpc) is 2.68. The number of ether oxygens (including phenoxy) is 1. The molecule has 0 atom stereocenters. The standard InChI is InChI=1S/C23H19N3O/c1-3-26-21(12-11-18-7-4-5-10-23(18)26)8-6-9-22-14-19(13-17(2)27-22)20(15-24)16-25/h4-14H,3H2,1-2H3/b9-6+,21-8-. The van der Waals surface area contributed by atoms with Gasteiger partial charge in [0.05, 0.1) is 0 Å². The Bertz CT molecular complexity index is 1000. The maximum absolute atomic E-state index is 9.06. The molecule has 0 fully saturated rings. The second-order valence-electron chi connectivity index (χ2n) is 6.04. The number of allylic oxidation sites excluding steroid dienone is 9. The fourth-order valence-electron chi connectivity index (χ4n) is 3.06. The molecule has 132 valence electrons. The lowest BCUT2D eigenvalue weighted by molar-refractivity contribution is 0.317. The van der Waals surface area contributed by atoms with Crippen molar-refractivity contribution in [3.05, 3.63) is 94.6 Å². The van der Waals surface area contributed by atoms with Gasteiger partial charge in [0.1, 0.15) is 29.2 Å². The van der Waals surface area contributed by atoms with E-state index in [1.54, 1.807) is 19.1 Å². The zero-order valence-electron chi connectivity index (χ0n) is 15.3. The van der Waals surface area contributed by atoms with Gasteiger partial charge in [-0.25, -0.2) is 0 Å². The maximum Gasteiger partial charge on any atom is 0.137 e. The number of hydrogen-bond acceptors (Lipinski definition) is 4. The number of likely N-dealkylation sites (N-methyl/N-ethyl adjacent to an activating group) is 1. The second-order valence-corrected chi connectivity index (χ2v) is 6.04. The molecule has 0 N–H and O–H groups in total. The first-order valence-corrected chi connectivity index (χ1v) is 8.71. The monoisotopic (exact) mass is 353 g/mol. The average molecular weight is 353 g/mol. The minimum Gasteiger partial charge on any atom is -0.462 e. The van der Waals surface area contributed by atoms with Crippen molar-refractivity contribution in [3.8, 4) is 12.1 Å². The highest BCUT2D eigenvalue weighted by Crippen LogP contribution is 2.30. The van der Waals surface area contributed by atoms with Gasteiger partial charge in [0, 0.05) is 23.5 Å². The van der Waals surface area contributed by atoms with Gasteiger partial charge in [-0.05, 0) is 55.9 Å². The third kappa shape index (κ3) is 3.92. The van der Waals surface area contributed by atoms with Crippen molar-refractivity contribution in [3.63, 3.8) is 0 Å². The number of anilines is 1. The Labute approximate surface area is 159 Å². The normalized spacial score (nSPS) is 17.0.